The highest BCUT2D eigenvalue weighted by Crippen LogP contribution is 2.34. The van der Waals surface area contributed by atoms with Crippen molar-refractivity contribution >= 4 is 0 Å². The molecule has 1 rings (SSSR count). The Kier molecular flexibility index (Phi) is 6.74. The molecule has 0 radical (unpaired) electrons. The first-order chi connectivity index (χ1) is 7.38. The van der Waals surface area contributed by atoms with Gasteiger partial charge < -0.3 is 5.32 Å². The summed E-state index contributed by atoms with van der Waals surface area (Å²) in [6.45, 7) is 8.48. The van der Waals surface area contributed by atoms with Crippen molar-refractivity contribution in [3.05, 3.63) is 12.7 Å². The predicted molar refractivity (Wildman–Crippen MR) is 68.0 cm³/mol. The summed E-state index contributed by atoms with van der Waals surface area (Å²) in [5.41, 5.74) is 0. The molecule has 0 aromatic carbocycles. The minimum absolute atomic E-state index is 0.960. The van der Waals surface area contributed by atoms with E-state index in [1.54, 1.807) is 0 Å². The van der Waals surface area contributed by atoms with Gasteiger partial charge in [0.15, 0.2) is 0 Å². The van der Waals surface area contributed by atoms with Gasteiger partial charge in [-0.05, 0) is 57.0 Å². The van der Waals surface area contributed by atoms with Gasteiger partial charge in [-0.2, -0.15) is 0 Å². The summed E-state index contributed by atoms with van der Waals surface area (Å²) in [7, 11) is 0. The third-order valence-corrected chi connectivity index (χ3v) is 3.63. The third kappa shape index (κ3) is 4.83. The van der Waals surface area contributed by atoms with E-state index in [-0.39, 0.29) is 0 Å². The highest BCUT2D eigenvalue weighted by molar-refractivity contribution is 4.80. The normalized spacial score (nSPS) is 25.7. The second-order valence-electron chi connectivity index (χ2n) is 4.87. The van der Waals surface area contributed by atoms with Gasteiger partial charge in [-0.25, -0.2) is 0 Å². The van der Waals surface area contributed by atoms with Crippen molar-refractivity contribution in [2.45, 2.75) is 51.9 Å². The van der Waals surface area contributed by atoms with Crippen LogP contribution >= 0.6 is 0 Å². The van der Waals surface area contributed by atoms with Crippen LogP contribution in [0.1, 0.15) is 51.9 Å². The molecule has 0 spiro atoms. The van der Waals surface area contributed by atoms with Crippen molar-refractivity contribution in [3.8, 4) is 0 Å². The Hall–Kier alpha value is -0.300. The summed E-state index contributed by atoms with van der Waals surface area (Å²) in [6, 6.07) is 0. The fourth-order valence-electron chi connectivity index (χ4n) is 2.75. The van der Waals surface area contributed by atoms with Crippen molar-refractivity contribution in [1.82, 2.24) is 5.32 Å². The molecule has 1 heteroatoms. The van der Waals surface area contributed by atoms with Gasteiger partial charge in [0, 0.05) is 0 Å². The van der Waals surface area contributed by atoms with Crippen LogP contribution in [0.4, 0.5) is 0 Å². The molecule has 1 nitrogen and oxygen atoms in total. The molecule has 0 aromatic rings. The lowest BCUT2D eigenvalue weighted by atomic mass is 9.91. The molecular weight excluding hydrogens is 182 g/mol. The number of hydrogen-bond donors (Lipinski definition) is 1. The fraction of sp³-hybridized carbons (Fsp3) is 0.857. The Labute approximate surface area is 95.3 Å². The van der Waals surface area contributed by atoms with Gasteiger partial charge in [-0.1, -0.05) is 25.8 Å². The van der Waals surface area contributed by atoms with Crippen LogP contribution in [-0.2, 0) is 0 Å². The maximum Gasteiger partial charge on any atom is -0.00179 e. The molecule has 0 aromatic heterocycles. The number of hydrogen-bond acceptors (Lipinski definition) is 1. The van der Waals surface area contributed by atoms with E-state index in [9.17, 15) is 0 Å². The maximum absolute atomic E-state index is 3.79. The highest BCUT2D eigenvalue weighted by Gasteiger charge is 2.25. The second-order valence-corrected chi connectivity index (χ2v) is 4.87. The van der Waals surface area contributed by atoms with Crippen LogP contribution in [0.15, 0.2) is 12.7 Å². The number of allylic oxidation sites excluding steroid dienone is 1. The Morgan fingerprint density at radius 1 is 1.33 bits per heavy atom. The fourth-order valence-corrected chi connectivity index (χ4v) is 2.75. The minimum Gasteiger partial charge on any atom is -0.316 e. The number of rotatable bonds is 8. The van der Waals surface area contributed by atoms with Gasteiger partial charge in [0.1, 0.15) is 0 Å². The Morgan fingerprint density at radius 2 is 2.13 bits per heavy atom. The zero-order valence-electron chi connectivity index (χ0n) is 10.3. The monoisotopic (exact) mass is 209 g/mol. The van der Waals surface area contributed by atoms with Crippen LogP contribution < -0.4 is 5.32 Å². The van der Waals surface area contributed by atoms with E-state index in [2.05, 4.69) is 24.9 Å². The van der Waals surface area contributed by atoms with Gasteiger partial charge in [0.2, 0.25) is 0 Å². The van der Waals surface area contributed by atoms with Crippen LogP contribution in [0.2, 0.25) is 0 Å². The molecule has 0 saturated heterocycles. The van der Waals surface area contributed by atoms with Gasteiger partial charge in [0.25, 0.3) is 0 Å². The molecule has 1 aliphatic rings. The van der Waals surface area contributed by atoms with E-state index in [0.29, 0.717) is 0 Å². The van der Waals surface area contributed by atoms with Crippen LogP contribution in [0.5, 0.6) is 0 Å². The molecule has 1 fully saturated rings. The zero-order valence-corrected chi connectivity index (χ0v) is 10.3. The quantitative estimate of drug-likeness (QED) is 0.474. The van der Waals surface area contributed by atoms with Crippen molar-refractivity contribution in [2.75, 3.05) is 13.1 Å². The summed E-state index contributed by atoms with van der Waals surface area (Å²) in [5.74, 6) is 1.95. The molecule has 88 valence electrons. The summed E-state index contributed by atoms with van der Waals surface area (Å²) < 4.78 is 0. The van der Waals surface area contributed by atoms with Crippen LogP contribution in [0.25, 0.3) is 0 Å². The lowest BCUT2D eigenvalue weighted by molar-refractivity contribution is 0.342. The summed E-state index contributed by atoms with van der Waals surface area (Å²) >= 11 is 0. The number of unbranched alkanes of at least 4 members (excludes halogenated alkanes) is 1. The molecular formula is C14H27N. The average molecular weight is 209 g/mol. The zero-order chi connectivity index (χ0) is 10.9. The van der Waals surface area contributed by atoms with E-state index in [1.165, 1.54) is 58.0 Å². The van der Waals surface area contributed by atoms with E-state index in [1.807, 2.05) is 0 Å². The van der Waals surface area contributed by atoms with Crippen molar-refractivity contribution in [1.29, 1.82) is 0 Å². The van der Waals surface area contributed by atoms with E-state index >= 15 is 0 Å². The summed E-state index contributed by atoms with van der Waals surface area (Å²) in [6.07, 6.45) is 11.7. The standard InChI is InChI=1S/C14H27N/c1-3-5-6-8-13-9-7-10-14(13)12-15-11-4-2/h3,13-15H,1,4-12H2,2H3. The molecule has 0 heterocycles. The van der Waals surface area contributed by atoms with Crippen molar-refractivity contribution in [3.63, 3.8) is 0 Å². The predicted octanol–water partition coefficient (Wildman–Crippen LogP) is 3.76. The van der Waals surface area contributed by atoms with Gasteiger partial charge in [0.05, 0.1) is 0 Å². The minimum atomic E-state index is 0.960. The smallest absolute Gasteiger partial charge is 0.00179 e. The molecule has 1 N–H and O–H groups in total. The maximum atomic E-state index is 3.79. The lowest BCUT2D eigenvalue weighted by Gasteiger charge is -2.19. The summed E-state index contributed by atoms with van der Waals surface area (Å²) in [4.78, 5) is 0. The molecule has 1 aliphatic carbocycles. The summed E-state index contributed by atoms with van der Waals surface area (Å²) in [5, 5.41) is 3.58. The van der Waals surface area contributed by atoms with E-state index in [0.717, 1.165) is 11.8 Å². The van der Waals surface area contributed by atoms with Crippen LogP contribution in [-0.4, -0.2) is 13.1 Å². The lowest BCUT2D eigenvalue weighted by Crippen LogP contribution is -2.25. The van der Waals surface area contributed by atoms with Gasteiger partial charge >= 0.3 is 0 Å². The Morgan fingerprint density at radius 3 is 2.87 bits per heavy atom. The highest BCUT2D eigenvalue weighted by atomic mass is 14.9. The molecule has 0 amide bonds. The molecule has 2 unspecified atom stereocenters. The first-order valence-corrected chi connectivity index (χ1v) is 6.70. The first kappa shape index (κ1) is 12.8. The van der Waals surface area contributed by atoms with Crippen LogP contribution in [0.3, 0.4) is 0 Å². The first-order valence-electron chi connectivity index (χ1n) is 6.70. The Bertz CT molecular complexity index is 165. The van der Waals surface area contributed by atoms with Gasteiger partial charge in [-0.3, -0.25) is 0 Å². The molecule has 15 heavy (non-hydrogen) atoms. The second kappa shape index (κ2) is 7.92. The van der Waals surface area contributed by atoms with E-state index in [4.69, 9.17) is 0 Å². The van der Waals surface area contributed by atoms with E-state index < -0.39 is 0 Å². The van der Waals surface area contributed by atoms with Crippen LogP contribution in [0, 0.1) is 11.8 Å². The van der Waals surface area contributed by atoms with Crippen molar-refractivity contribution in [2.24, 2.45) is 11.8 Å². The third-order valence-electron chi connectivity index (χ3n) is 3.63. The van der Waals surface area contributed by atoms with Crippen molar-refractivity contribution < 1.29 is 0 Å². The number of nitrogens with one attached hydrogen (secondary N) is 1. The SMILES string of the molecule is C=CCCCC1CCCC1CNCCC. The molecule has 0 aliphatic heterocycles. The molecule has 1 saturated carbocycles. The largest absolute Gasteiger partial charge is 0.316 e. The molecule has 2 atom stereocenters. The average Bonchev–Trinajstić information content (AvgIpc) is 2.67. The molecule has 0 bridgehead atoms. The topological polar surface area (TPSA) is 12.0 Å². The van der Waals surface area contributed by atoms with Gasteiger partial charge in [-0.15, -0.1) is 6.58 Å². The Balaban J connectivity index is 2.14.